The van der Waals surface area contributed by atoms with E-state index < -0.39 is 0 Å². The number of halogens is 1. The minimum absolute atomic E-state index is 0. The highest BCUT2D eigenvalue weighted by atomic mass is 35.5. The third kappa shape index (κ3) is 3.68. The Hall–Kier alpha value is -1.66. The fourth-order valence-electron chi connectivity index (χ4n) is 1.34. The zero-order valence-electron chi connectivity index (χ0n) is 9.71. The van der Waals surface area contributed by atoms with Crippen LogP contribution in [0.15, 0.2) is 23.6 Å². The minimum Gasteiger partial charge on any atom is -0.375 e. The summed E-state index contributed by atoms with van der Waals surface area (Å²) >= 11 is 1.38. The van der Waals surface area contributed by atoms with Gasteiger partial charge in [0.1, 0.15) is 5.69 Å². The molecule has 0 atom stereocenters. The Morgan fingerprint density at radius 2 is 2.17 bits per heavy atom. The number of aromatic nitrogens is 2. The van der Waals surface area contributed by atoms with E-state index in [1.807, 2.05) is 23.6 Å². The maximum Gasteiger partial charge on any atom is 0.217 e. The van der Waals surface area contributed by atoms with Crippen molar-refractivity contribution >= 4 is 34.8 Å². The van der Waals surface area contributed by atoms with Crippen LogP contribution in [0.25, 0.3) is 11.4 Å². The molecule has 5 nitrogen and oxygen atoms in total. The number of carbonyl (C=O) groups is 1. The summed E-state index contributed by atoms with van der Waals surface area (Å²) in [7, 11) is 0. The SMILES string of the molecule is CC(=O)NCc1cccc(-c2csc(N)n2)n1.Cl. The Morgan fingerprint density at radius 3 is 2.78 bits per heavy atom. The monoisotopic (exact) mass is 284 g/mol. The summed E-state index contributed by atoms with van der Waals surface area (Å²) in [6.07, 6.45) is 0. The third-order valence-electron chi connectivity index (χ3n) is 2.11. The molecule has 3 N–H and O–H groups in total. The summed E-state index contributed by atoms with van der Waals surface area (Å²) in [6.45, 7) is 1.90. The molecule has 18 heavy (non-hydrogen) atoms. The average Bonchev–Trinajstić information content (AvgIpc) is 2.74. The molecule has 7 heteroatoms. The first kappa shape index (κ1) is 14.4. The van der Waals surface area contributed by atoms with Crippen LogP contribution in [0.1, 0.15) is 12.6 Å². The molecule has 0 aliphatic rings. The van der Waals surface area contributed by atoms with Crippen molar-refractivity contribution in [1.29, 1.82) is 0 Å². The van der Waals surface area contributed by atoms with Gasteiger partial charge in [-0.25, -0.2) is 9.97 Å². The molecule has 2 heterocycles. The number of hydrogen-bond donors (Lipinski definition) is 2. The number of rotatable bonds is 3. The van der Waals surface area contributed by atoms with Gasteiger partial charge in [-0.3, -0.25) is 4.79 Å². The van der Waals surface area contributed by atoms with Gasteiger partial charge in [-0.2, -0.15) is 0 Å². The molecule has 0 fully saturated rings. The molecule has 0 saturated heterocycles. The topological polar surface area (TPSA) is 80.9 Å². The Morgan fingerprint density at radius 1 is 1.39 bits per heavy atom. The number of amides is 1. The fraction of sp³-hybridized carbons (Fsp3) is 0.182. The quantitative estimate of drug-likeness (QED) is 0.901. The molecule has 0 radical (unpaired) electrons. The van der Waals surface area contributed by atoms with Gasteiger partial charge in [0.25, 0.3) is 0 Å². The van der Waals surface area contributed by atoms with Gasteiger partial charge >= 0.3 is 0 Å². The molecule has 0 aliphatic heterocycles. The van der Waals surface area contributed by atoms with Crippen LogP contribution in [0.3, 0.4) is 0 Å². The van der Waals surface area contributed by atoms with Crippen LogP contribution in [0.5, 0.6) is 0 Å². The van der Waals surface area contributed by atoms with E-state index in [9.17, 15) is 4.79 Å². The average molecular weight is 285 g/mol. The molecule has 0 unspecified atom stereocenters. The second kappa shape index (κ2) is 6.32. The Kier molecular flexibility index (Phi) is 5.06. The minimum atomic E-state index is -0.0740. The van der Waals surface area contributed by atoms with E-state index in [0.717, 1.165) is 17.1 Å². The van der Waals surface area contributed by atoms with E-state index in [1.54, 1.807) is 0 Å². The van der Waals surface area contributed by atoms with E-state index in [1.165, 1.54) is 18.3 Å². The van der Waals surface area contributed by atoms with Gasteiger partial charge < -0.3 is 11.1 Å². The number of nitrogens with two attached hydrogens (primary N) is 1. The Balaban J connectivity index is 0.00000162. The highest BCUT2D eigenvalue weighted by Crippen LogP contribution is 2.21. The summed E-state index contributed by atoms with van der Waals surface area (Å²) < 4.78 is 0. The predicted molar refractivity (Wildman–Crippen MR) is 74.5 cm³/mol. The van der Waals surface area contributed by atoms with Crippen LogP contribution in [0.4, 0.5) is 5.13 Å². The third-order valence-corrected chi connectivity index (χ3v) is 2.78. The molecule has 0 bridgehead atoms. The molecule has 2 aromatic rings. The zero-order chi connectivity index (χ0) is 12.3. The normalized spacial score (nSPS) is 9.61. The van der Waals surface area contributed by atoms with Gasteiger partial charge in [0, 0.05) is 12.3 Å². The van der Waals surface area contributed by atoms with E-state index in [2.05, 4.69) is 15.3 Å². The molecular weight excluding hydrogens is 272 g/mol. The first-order valence-corrected chi connectivity index (χ1v) is 5.95. The fourth-order valence-corrected chi connectivity index (χ4v) is 1.90. The van der Waals surface area contributed by atoms with Crippen molar-refractivity contribution in [2.45, 2.75) is 13.5 Å². The second-order valence-electron chi connectivity index (χ2n) is 3.49. The Labute approximate surface area is 115 Å². The lowest BCUT2D eigenvalue weighted by atomic mass is 10.2. The van der Waals surface area contributed by atoms with Gasteiger partial charge in [0.05, 0.1) is 17.9 Å². The molecule has 2 aromatic heterocycles. The van der Waals surface area contributed by atoms with Gasteiger partial charge in [0.15, 0.2) is 5.13 Å². The highest BCUT2D eigenvalue weighted by molar-refractivity contribution is 7.13. The molecule has 0 aromatic carbocycles. The number of anilines is 1. The number of pyridine rings is 1. The molecule has 0 spiro atoms. The van der Waals surface area contributed by atoms with Crippen LogP contribution >= 0.6 is 23.7 Å². The lowest BCUT2D eigenvalue weighted by Gasteiger charge is -2.03. The van der Waals surface area contributed by atoms with Gasteiger partial charge in [-0.05, 0) is 12.1 Å². The first-order valence-electron chi connectivity index (χ1n) is 5.07. The Bertz CT molecular complexity index is 543. The van der Waals surface area contributed by atoms with Crippen molar-refractivity contribution < 1.29 is 4.79 Å². The smallest absolute Gasteiger partial charge is 0.217 e. The van der Waals surface area contributed by atoms with Gasteiger partial charge in [-0.1, -0.05) is 6.07 Å². The summed E-state index contributed by atoms with van der Waals surface area (Å²) in [5.41, 5.74) is 7.90. The van der Waals surface area contributed by atoms with Crippen molar-refractivity contribution in [3.05, 3.63) is 29.3 Å². The van der Waals surface area contributed by atoms with Crippen molar-refractivity contribution in [2.24, 2.45) is 0 Å². The molecule has 2 rings (SSSR count). The van der Waals surface area contributed by atoms with Crippen LogP contribution in [0, 0.1) is 0 Å². The van der Waals surface area contributed by atoms with Crippen LogP contribution in [0.2, 0.25) is 0 Å². The van der Waals surface area contributed by atoms with E-state index >= 15 is 0 Å². The summed E-state index contributed by atoms with van der Waals surface area (Å²) in [4.78, 5) is 19.4. The summed E-state index contributed by atoms with van der Waals surface area (Å²) in [5.74, 6) is -0.0740. The number of nitrogen functional groups attached to an aromatic ring is 1. The molecule has 0 aliphatic carbocycles. The number of hydrogen-bond acceptors (Lipinski definition) is 5. The molecular formula is C11H13ClN4OS. The van der Waals surface area contributed by atoms with E-state index in [4.69, 9.17) is 5.73 Å². The highest BCUT2D eigenvalue weighted by Gasteiger charge is 2.05. The molecule has 1 amide bonds. The predicted octanol–water partition coefficient (Wildman–Crippen LogP) is 1.85. The number of nitrogens with one attached hydrogen (secondary N) is 1. The maximum absolute atomic E-state index is 10.8. The number of thiazole rings is 1. The zero-order valence-corrected chi connectivity index (χ0v) is 11.3. The second-order valence-corrected chi connectivity index (χ2v) is 4.38. The molecule has 96 valence electrons. The van der Waals surface area contributed by atoms with E-state index in [0.29, 0.717) is 11.7 Å². The number of nitrogens with zero attached hydrogens (tertiary/aromatic N) is 2. The van der Waals surface area contributed by atoms with Crippen molar-refractivity contribution in [3.63, 3.8) is 0 Å². The van der Waals surface area contributed by atoms with Crippen molar-refractivity contribution in [2.75, 3.05) is 5.73 Å². The summed E-state index contributed by atoms with van der Waals surface area (Å²) in [5, 5.41) is 5.09. The van der Waals surface area contributed by atoms with Crippen molar-refractivity contribution in [1.82, 2.24) is 15.3 Å². The number of carbonyl (C=O) groups excluding carboxylic acids is 1. The molecule has 0 saturated carbocycles. The summed E-state index contributed by atoms with van der Waals surface area (Å²) in [6, 6.07) is 5.61. The maximum atomic E-state index is 10.8. The lowest BCUT2D eigenvalue weighted by Crippen LogP contribution is -2.19. The lowest BCUT2D eigenvalue weighted by molar-refractivity contribution is -0.119. The van der Waals surface area contributed by atoms with Gasteiger partial charge in [0.2, 0.25) is 5.91 Å². The van der Waals surface area contributed by atoms with Gasteiger partial charge in [-0.15, -0.1) is 23.7 Å². The first-order chi connectivity index (χ1) is 8.15. The van der Waals surface area contributed by atoms with Crippen LogP contribution in [-0.4, -0.2) is 15.9 Å². The van der Waals surface area contributed by atoms with Crippen LogP contribution in [-0.2, 0) is 11.3 Å². The van der Waals surface area contributed by atoms with E-state index in [-0.39, 0.29) is 18.3 Å². The van der Waals surface area contributed by atoms with Crippen LogP contribution < -0.4 is 11.1 Å². The van der Waals surface area contributed by atoms with Crippen molar-refractivity contribution in [3.8, 4) is 11.4 Å². The standard InChI is InChI=1S/C11H12N4OS.ClH/c1-7(16)13-5-8-3-2-4-9(14-8)10-6-17-11(12)15-10;/h2-4,6H,5H2,1H3,(H2,12,15)(H,13,16);1H. The largest absolute Gasteiger partial charge is 0.375 e.